The lowest BCUT2D eigenvalue weighted by Gasteiger charge is -2.08. The van der Waals surface area contributed by atoms with Crippen LogP contribution < -0.4 is 5.32 Å². The molecule has 0 aliphatic rings. The second-order valence-electron chi connectivity index (χ2n) is 8.03. The molecule has 8 nitrogen and oxygen atoms in total. The number of imidazole rings is 1. The summed E-state index contributed by atoms with van der Waals surface area (Å²) in [6, 6.07) is 9.81. The van der Waals surface area contributed by atoms with Gasteiger partial charge in [0.15, 0.2) is 11.0 Å². The van der Waals surface area contributed by atoms with E-state index in [2.05, 4.69) is 35.5 Å². The minimum Gasteiger partial charge on any atom is -0.336 e. The van der Waals surface area contributed by atoms with E-state index in [1.807, 2.05) is 0 Å². The van der Waals surface area contributed by atoms with Crippen LogP contribution in [0.15, 0.2) is 55.0 Å². The molecule has 5 aromatic heterocycles. The number of pyridine rings is 2. The van der Waals surface area contributed by atoms with Crippen molar-refractivity contribution >= 4 is 44.9 Å². The zero-order chi connectivity index (χ0) is 24.8. The van der Waals surface area contributed by atoms with E-state index < -0.39 is 5.82 Å². The van der Waals surface area contributed by atoms with E-state index in [1.54, 1.807) is 43.5 Å². The fourth-order valence-corrected chi connectivity index (χ4v) is 4.77. The molecule has 0 aliphatic carbocycles. The highest BCUT2D eigenvalue weighted by Gasteiger charge is 2.21. The van der Waals surface area contributed by atoms with Gasteiger partial charge >= 0.3 is 0 Å². The van der Waals surface area contributed by atoms with E-state index >= 15 is 4.39 Å². The van der Waals surface area contributed by atoms with Crippen LogP contribution in [0.3, 0.4) is 0 Å². The Kier molecular flexibility index (Phi) is 5.26. The highest BCUT2D eigenvalue weighted by atomic mass is 32.1. The third kappa shape index (κ3) is 3.69. The third-order valence-corrected chi connectivity index (χ3v) is 6.63. The fraction of sp³-hybridized carbons (Fsp3) is 0.0800. The molecule has 36 heavy (non-hydrogen) atoms. The number of H-pyrrole nitrogens is 2. The zero-order valence-corrected chi connectivity index (χ0v) is 19.6. The SMILES string of the molecule is CCC(=O)Nc1cncc(-c2ccc3[nH]nc(-c4nc5c(-c6ccc(F)s6)nccc5[nH]4)c3c2F)c1. The number of amides is 1. The van der Waals surface area contributed by atoms with Crippen molar-refractivity contribution in [3.8, 4) is 33.2 Å². The standard InChI is InChI=1S/C25H17F2N7OS/c1-2-19(35)30-13-9-12(10-28-11-13)14-3-4-15-20(21(14)27)24(34-33-15)25-31-16-7-8-29-23(22(16)32-25)17-5-6-18(26)36-17/h3-11H,2H2,1H3,(H,30,35)(H,31,32)(H,33,34). The Morgan fingerprint density at radius 1 is 1.08 bits per heavy atom. The molecule has 3 N–H and O–H groups in total. The summed E-state index contributed by atoms with van der Waals surface area (Å²) < 4.78 is 29.6. The molecule has 11 heteroatoms. The lowest BCUT2D eigenvalue weighted by atomic mass is 10.0. The quantitative estimate of drug-likeness (QED) is 0.272. The molecule has 0 atom stereocenters. The number of halogens is 2. The number of carbonyl (C=O) groups is 1. The summed E-state index contributed by atoms with van der Waals surface area (Å²) in [5.41, 5.74) is 3.81. The van der Waals surface area contributed by atoms with Gasteiger partial charge in [-0.25, -0.2) is 9.37 Å². The Bertz CT molecular complexity index is 1770. The van der Waals surface area contributed by atoms with Crippen molar-refractivity contribution in [1.29, 1.82) is 0 Å². The number of aromatic amines is 2. The van der Waals surface area contributed by atoms with Crippen LogP contribution in [-0.2, 0) is 4.79 Å². The normalized spacial score (nSPS) is 11.4. The molecule has 0 aliphatic heterocycles. The average Bonchev–Trinajstić information content (AvgIpc) is 3.62. The van der Waals surface area contributed by atoms with Gasteiger partial charge in [0.2, 0.25) is 5.91 Å². The fourth-order valence-electron chi connectivity index (χ4n) is 4.04. The number of aromatic nitrogens is 6. The second kappa shape index (κ2) is 8.61. The number of benzene rings is 1. The molecule has 0 radical (unpaired) electrons. The van der Waals surface area contributed by atoms with Crippen LogP contribution in [0.25, 0.3) is 55.2 Å². The van der Waals surface area contributed by atoms with E-state index in [-0.39, 0.29) is 16.4 Å². The van der Waals surface area contributed by atoms with Gasteiger partial charge in [0.25, 0.3) is 0 Å². The smallest absolute Gasteiger partial charge is 0.224 e. The van der Waals surface area contributed by atoms with E-state index in [9.17, 15) is 9.18 Å². The number of thiophene rings is 1. The molecule has 0 bridgehead atoms. The van der Waals surface area contributed by atoms with Gasteiger partial charge < -0.3 is 10.3 Å². The number of nitrogens with zero attached hydrogens (tertiary/aromatic N) is 4. The van der Waals surface area contributed by atoms with Gasteiger partial charge in [-0.3, -0.25) is 19.9 Å². The van der Waals surface area contributed by atoms with Crippen LogP contribution in [-0.4, -0.2) is 36.0 Å². The first kappa shape index (κ1) is 22.0. The van der Waals surface area contributed by atoms with Gasteiger partial charge in [-0.15, -0.1) is 11.3 Å². The minimum absolute atomic E-state index is 0.161. The Labute approximate surface area is 206 Å². The van der Waals surface area contributed by atoms with Gasteiger partial charge in [-0.2, -0.15) is 9.49 Å². The number of rotatable bonds is 5. The van der Waals surface area contributed by atoms with Gasteiger partial charge in [0, 0.05) is 29.9 Å². The maximum Gasteiger partial charge on any atom is 0.224 e. The summed E-state index contributed by atoms with van der Waals surface area (Å²) in [7, 11) is 0. The number of fused-ring (bicyclic) bond motifs is 2. The largest absolute Gasteiger partial charge is 0.336 e. The predicted molar refractivity (Wildman–Crippen MR) is 134 cm³/mol. The summed E-state index contributed by atoms with van der Waals surface area (Å²) in [5, 5.41) is 9.86. The van der Waals surface area contributed by atoms with E-state index in [0.717, 1.165) is 11.3 Å². The number of anilines is 1. The molecule has 0 unspecified atom stereocenters. The van der Waals surface area contributed by atoms with Gasteiger partial charge in [0.05, 0.1) is 33.2 Å². The highest BCUT2D eigenvalue weighted by Crippen LogP contribution is 2.36. The molecule has 0 saturated heterocycles. The van der Waals surface area contributed by atoms with Crippen molar-refractivity contribution in [1.82, 2.24) is 30.1 Å². The Balaban J connectivity index is 1.47. The van der Waals surface area contributed by atoms with E-state index in [0.29, 0.717) is 61.9 Å². The number of hydrogen-bond acceptors (Lipinski definition) is 6. The zero-order valence-electron chi connectivity index (χ0n) is 18.8. The van der Waals surface area contributed by atoms with Crippen LogP contribution in [0, 0.1) is 10.9 Å². The molecule has 0 saturated carbocycles. The first-order valence-electron chi connectivity index (χ1n) is 11.0. The monoisotopic (exact) mass is 501 g/mol. The molecule has 178 valence electrons. The van der Waals surface area contributed by atoms with Gasteiger partial charge in [-0.05, 0) is 36.4 Å². The molecule has 0 spiro atoms. The Morgan fingerprint density at radius 2 is 1.97 bits per heavy atom. The third-order valence-electron chi connectivity index (χ3n) is 5.75. The van der Waals surface area contributed by atoms with Crippen LogP contribution in [0.4, 0.5) is 14.5 Å². The first-order valence-corrected chi connectivity index (χ1v) is 11.9. The van der Waals surface area contributed by atoms with Crippen LogP contribution >= 0.6 is 11.3 Å². The number of nitrogens with one attached hydrogen (secondary N) is 3. The Morgan fingerprint density at radius 3 is 2.78 bits per heavy atom. The maximum atomic E-state index is 15.9. The lowest BCUT2D eigenvalue weighted by molar-refractivity contribution is -0.115. The summed E-state index contributed by atoms with van der Waals surface area (Å²) >= 11 is 0.976. The van der Waals surface area contributed by atoms with Crippen LogP contribution in [0.2, 0.25) is 0 Å². The summed E-state index contributed by atoms with van der Waals surface area (Å²) in [6.45, 7) is 1.75. The number of hydrogen-bond donors (Lipinski definition) is 3. The van der Waals surface area contributed by atoms with Crippen molar-refractivity contribution in [2.45, 2.75) is 13.3 Å². The molecule has 1 aromatic carbocycles. The molecule has 5 heterocycles. The molecule has 6 aromatic rings. The minimum atomic E-state index is -0.504. The summed E-state index contributed by atoms with van der Waals surface area (Å²) in [4.78, 5) is 28.8. The predicted octanol–water partition coefficient (Wildman–Crippen LogP) is 5.92. The van der Waals surface area contributed by atoms with Crippen molar-refractivity contribution in [3.63, 3.8) is 0 Å². The number of carbonyl (C=O) groups excluding carboxylic acids is 1. The van der Waals surface area contributed by atoms with Gasteiger partial charge in [-0.1, -0.05) is 6.92 Å². The molecular weight excluding hydrogens is 484 g/mol. The van der Waals surface area contributed by atoms with Crippen molar-refractivity contribution in [3.05, 3.63) is 65.9 Å². The molecule has 6 rings (SSSR count). The van der Waals surface area contributed by atoms with Crippen LogP contribution in [0.1, 0.15) is 13.3 Å². The molecule has 0 fully saturated rings. The lowest BCUT2D eigenvalue weighted by Crippen LogP contribution is -2.09. The summed E-state index contributed by atoms with van der Waals surface area (Å²) in [5.74, 6) is -0.317. The van der Waals surface area contributed by atoms with E-state index in [4.69, 9.17) is 0 Å². The highest BCUT2D eigenvalue weighted by molar-refractivity contribution is 7.13. The van der Waals surface area contributed by atoms with Gasteiger partial charge in [0.1, 0.15) is 22.7 Å². The van der Waals surface area contributed by atoms with Crippen LogP contribution in [0.5, 0.6) is 0 Å². The van der Waals surface area contributed by atoms with Crippen molar-refractivity contribution in [2.24, 2.45) is 0 Å². The second-order valence-corrected chi connectivity index (χ2v) is 9.06. The average molecular weight is 502 g/mol. The molecular formula is C25H17F2N7OS. The Hall–Kier alpha value is -4.51. The maximum absolute atomic E-state index is 15.9. The molecule has 1 amide bonds. The summed E-state index contributed by atoms with van der Waals surface area (Å²) in [6.07, 6.45) is 4.97. The van der Waals surface area contributed by atoms with E-state index in [1.165, 1.54) is 18.5 Å². The first-order chi connectivity index (χ1) is 17.5. The van der Waals surface area contributed by atoms with Crippen molar-refractivity contribution in [2.75, 3.05) is 5.32 Å². The van der Waals surface area contributed by atoms with Crippen molar-refractivity contribution < 1.29 is 13.6 Å². The topological polar surface area (TPSA) is 112 Å².